The van der Waals surface area contributed by atoms with Gasteiger partial charge in [-0.3, -0.25) is 4.90 Å². The number of carbonyl (C=O) groups excluding carboxylic acids is 1. The number of hydrogen-bond acceptors (Lipinski definition) is 4. The Hall–Kier alpha value is -1.79. The van der Waals surface area contributed by atoms with Gasteiger partial charge in [0.05, 0.1) is 13.2 Å². The van der Waals surface area contributed by atoms with Crippen molar-refractivity contribution in [3.05, 3.63) is 29.8 Å². The molecule has 29 heavy (non-hydrogen) atoms. The monoisotopic (exact) mass is 402 g/mol. The van der Waals surface area contributed by atoms with Crippen molar-refractivity contribution >= 4 is 6.03 Å². The number of carbonyl (C=O) groups is 1. The first kappa shape index (κ1) is 21.9. The Labute approximate surface area is 176 Å². The van der Waals surface area contributed by atoms with Crippen molar-refractivity contribution in [2.75, 3.05) is 46.4 Å². The van der Waals surface area contributed by atoms with Gasteiger partial charge in [-0.25, -0.2) is 4.79 Å². The third-order valence-electron chi connectivity index (χ3n) is 6.06. The number of amides is 2. The molecule has 2 fully saturated rings. The summed E-state index contributed by atoms with van der Waals surface area (Å²) >= 11 is 0. The number of piperidine rings is 1. The van der Waals surface area contributed by atoms with Crippen molar-refractivity contribution in [3.63, 3.8) is 0 Å². The minimum absolute atomic E-state index is 0.0422. The number of rotatable bonds is 8. The molecule has 1 aromatic carbocycles. The number of ether oxygens (including phenoxy) is 1. The lowest BCUT2D eigenvalue weighted by Gasteiger charge is -2.33. The standard InChI is InChI=1S/C23H38N4O2/c1-18(2)17-26-13-9-20(10-14-26)25-23(28)24-16-22(27-11-4-5-12-27)19-7-6-8-21(15-19)29-3/h6-8,15,18,20,22H,4-5,9-14,16-17H2,1-3H3,(H2,24,25,28). The maximum Gasteiger partial charge on any atom is 0.315 e. The molecule has 0 saturated carbocycles. The van der Waals surface area contributed by atoms with Crippen LogP contribution in [0.15, 0.2) is 24.3 Å². The van der Waals surface area contributed by atoms with E-state index in [0.29, 0.717) is 12.5 Å². The summed E-state index contributed by atoms with van der Waals surface area (Å²) in [5.41, 5.74) is 1.20. The van der Waals surface area contributed by atoms with Gasteiger partial charge in [0, 0.05) is 32.2 Å². The van der Waals surface area contributed by atoms with Crippen LogP contribution in [0.4, 0.5) is 4.79 Å². The Morgan fingerprint density at radius 2 is 1.90 bits per heavy atom. The average Bonchev–Trinajstić information content (AvgIpc) is 3.24. The molecular weight excluding hydrogens is 364 g/mol. The highest BCUT2D eigenvalue weighted by molar-refractivity contribution is 5.74. The fourth-order valence-corrected chi connectivity index (χ4v) is 4.56. The lowest BCUT2D eigenvalue weighted by Crippen LogP contribution is -2.49. The highest BCUT2D eigenvalue weighted by atomic mass is 16.5. The van der Waals surface area contributed by atoms with Gasteiger partial charge < -0.3 is 20.3 Å². The maximum atomic E-state index is 12.6. The van der Waals surface area contributed by atoms with Crippen LogP contribution in [0.5, 0.6) is 5.75 Å². The molecule has 1 atom stereocenters. The summed E-state index contributed by atoms with van der Waals surface area (Å²) in [6.45, 7) is 10.6. The molecule has 0 bridgehead atoms. The molecule has 2 aliphatic rings. The lowest BCUT2D eigenvalue weighted by molar-refractivity contribution is 0.176. The summed E-state index contributed by atoms with van der Waals surface area (Å²) in [7, 11) is 1.70. The molecule has 2 N–H and O–H groups in total. The van der Waals surface area contributed by atoms with Crippen LogP contribution in [-0.2, 0) is 0 Å². The topological polar surface area (TPSA) is 56.8 Å². The summed E-state index contributed by atoms with van der Waals surface area (Å²) in [5, 5.41) is 6.33. The minimum Gasteiger partial charge on any atom is -0.497 e. The summed E-state index contributed by atoms with van der Waals surface area (Å²) in [6.07, 6.45) is 4.51. The summed E-state index contributed by atoms with van der Waals surface area (Å²) in [5.74, 6) is 1.56. The molecule has 0 spiro atoms. The van der Waals surface area contributed by atoms with Crippen LogP contribution in [0.2, 0.25) is 0 Å². The van der Waals surface area contributed by atoms with Crippen molar-refractivity contribution < 1.29 is 9.53 Å². The third-order valence-corrected chi connectivity index (χ3v) is 6.06. The van der Waals surface area contributed by atoms with E-state index in [1.807, 2.05) is 12.1 Å². The molecule has 1 unspecified atom stereocenters. The molecule has 2 amide bonds. The van der Waals surface area contributed by atoms with Crippen LogP contribution in [0.3, 0.4) is 0 Å². The predicted molar refractivity (Wildman–Crippen MR) is 117 cm³/mol. The molecule has 162 valence electrons. The van der Waals surface area contributed by atoms with Crippen LogP contribution in [0.25, 0.3) is 0 Å². The van der Waals surface area contributed by atoms with Crippen molar-refractivity contribution in [1.29, 1.82) is 0 Å². The number of nitrogens with one attached hydrogen (secondary N) is 2. The first-order valence-electron chi connectivity index (χ1n) is 11.2. The van der Waals surface area contributed by atoms with Gasteiger partial charge in [0.1, 0.15) is 5.75 Å². The quantitative estimate of drug-likeness (QED) is 0.701. The van der Waals surface area contributed by atoms with E-state index in [1.54, 1.807) is 7.11 Å². The van der Waals surface area contributed by atoms with Crippen molar-refractivity contribution in [1.82, 2.24) is 20.4 Å². The second-order valence-corrected chi connectivity index (χ2v) is 8.86. The van der Waals surface area contributed by atoms with Crippen molar-refractivity contribution in [2.45, 2.75) is 51.6 Å². The zero-order valence-electron chi connectivity index (χ0n) is 18.3. The molecule has 2 saturated heterocycles. The van der Waals surface area contributed by atoms with Gasteiger partial charge in [-0.2, -0.15) is 0 Å². The van der Waals surface area contributed by atoms with E-state index in [4.69, 9.17) is 4.74 Å². The Bertz CT molecular complexity index is 638. The first-order chi connectivity index (χ1) is 14.0. The Balaban J connectivity index is 1.51. The molecule has 3 rings (SSSR count). The highest BCUT2D eigenvalue weighted by Gasteiger charge is 2.25. The Morgan fingerprint density at radius 1 is 1.17 bits per heavy atom. The smallest absolute Gasteiger partial charge is 0.315 e. The zero-order valence-corrected chi connectivity index (χ0v) is 18.3. The number of hydrogen-bond donors (Lipinski definition) is 2. The number of methoxy groups -OCH3 is 1. The number of likely N-dealkylation sites (tertiary alicyclic amines) is 2. The van der Waals surface area contributed by atoms with Gasteiger partial charge in [0.2, 0.25) is 0 Å². The molecule has 0 aliphatic carbocycles. The fourth-order valence-electron chi connectivity index (χ4n) is 4.56. The van der Waals surface area contributed by atoms with E-state index >= 15 is 0 Å². The number of urea groups is 1. The predicted octanol–water partition coefficient (Wildman–Crippen LogP) is 3.25. The van der Waals surface area contributed by atoms with E-state index in [0.717, 1.165) is 51.3 Å². The van der Waals surface area contributed by atoms with Crippen LogP contribution >= 0.6 is 0 Å². The molecule has 2 heterocycles. The zero-order chi connectivity index (χ0) is 20.6. The van der Waals surface area contributed by atoms with E-state index in [9.17, 15) is 4.79 Å². The van der Waals surface area contributed by atoms with Crippen LogP contribution in [0.1, 0.15) is 51.1 Å². The van der Waals surface area contributed by atoms with Crippen LogP contribution < -0.4 is 15.4 Å². The van der Waals surface area contributed by atoms with Gasteiger partial charge in [0.15, 0.2) is 0 Å². The van der Waals surface area contributed by atoms with E-state index in [1.165, 1.54) is 18.4 Å². The SMILES string of the molecule is COc1cccc(C(CNC(=O)NC2CCN(CC(C)C)CC2)N2CCCC2)c1. The normalized spacial score (nSPS) is 20.0. The fraction of sp³-hybridized carbons (Fsp3) is 0.696. The summed E-state index contributed by atoms with van der Waals surface area (Å²) in [4.78, 5) is 17.5. The van der Waals surface area contributed by atoms with Gasteiger partial charge in [-0.05, 0) is 62.4 Å². The largest absolute Gasteiger partial charge is 0.497 e. The minimum atomic E-state index is -0.0422. The van der Waals surface area contributed by atoms with Gasteiger partial charge in [-0.1, -0.05) is 26.0 Å². The molecule has 2 aliphatic heterocycles. The van der Waals surface area contributed by atoms with Gasteiger partial charge in [0.25, 0.3) is 0 Å². The van der Waals surface area contributed by atoms with E-state index in [2.05, 4.69) is 46.4 Å². The van der Waals surface area contributed by atoms with Gasteiger partial charge >= 0.3 is 6.03 Å². The van der Waals surface area contributed by atoms with Crippen molar-refractivity contribution in [3.8, 4) is 5.75 Å². The average molecular weight is 403 g/mol. The maximum absolute atomic E-state index is 12.6. The van der Waals surface area contributed by atoms with Crippen LogP contribution in [-0.4, -0.2) is 68.3 Å². The summed E-state index contributed by atoms with van der Waals surface area (Å²) in [6, 6.07) is 8.65. The van der Waals surface area contributed by atoms with Crippen LogP contribution in [0, 0.1) is 5.92 Å². The number of benzene rings is 1. The lowest BCUT2D eigenvalue weighted by atomic mass is 10.0. The second-order valence-electron chi connectivity index (χ2n) is 8.86. The third kappa shape index (κ3) is 6.61. The van der Waals surface area contributed by atoms with Gasteiger partial charge in [-0.15, -0.1) is 0 Å². The molecule has 6 heteroatoms. The highest BCUT2D eigenvalue weighted by Crippen LogP contribution is 2.27. The summed E-state index contributed by atoms with van der Waals surface area (Å²) < 4.78 is 5.40. The van der Waals surface area contributed by atoms with E-state index < -0.39 is 0 Å². The molecule has 1 aromatic rings. The molecular formula is C23H38N4O2. The Morgan fingerprint density at radius 3 is 2.55 bits per heavy atom. The Kier molecular flexibility index (Phi) is 8.19. The first-order valence-corrected chi connectivity index (χ1v) is 11.2. The molecule has 0 radical (unpaired) electrons. The molecule has 6 nitrogen and oxygen atoms in total. The van der Waals surface area contributed by atoms with Crippen molar-refractivity contribution in [2.24, 2.45) is 5.92 Å². The van der Waals surface area contributed by atoms with E-state index in [-0.39, 0.29) is 18.1 Å². The number of nitrogens with zero attached hydrogens (tertiary/aromatic N) is 2. The second kappa shape index (κ2) is 10.8. The molecule has 0 aromatic heterocycles.